The summed E-state index contributed by atoms with van der Waals surface area (Å²) in [6.07, 6.45) is -0.467. The van der Waals surface area contributed by atoms with Crippen molar-refractivity contribution in [2.75, 3.05) is 21.3 Å². The summed E-state index contributed by atoms with van der Waals surface area (Å²) in [6, 6.07) is 3.47. The summed E-state index contributed by atoms with van der Waals surface area (Å²) in [5, 5.41) is 0. The van der Waals surface area contributed by atoms with Crippen LogP contribution in [0.4, 0.5) is 0 Å². The van der Waals surface area contributed by atoms with E-state index in [1.807, 2.05) is 6.92 Å². The van der Waals surface area contributed by atoms with E-state index in [1.165, 1.54) is 0 Å². The molecule has 1 aromatic carbocycles. The molecule has 1 aromatic rings. The van der Waals surface area contributed by atoms with Crippen LogP contribution in [0.5, 0.6) is 17.2 Å². The SMILES string of the molecule is C=C1C(=O)O[C@@H](c2c(OC)cc(OC)cc2OC)[C@H]1C. The molecule has 0 N–H and O–H groups in total. The summed E-state index contributed by atoms with van der Waals surface area (Å²) in [6.45, 7) is 5.65. The van der Waals surface area contributed by atoms with Crippen LogP contribution in [0.25, 0.3) is 0 Å². The summed E-state index contributed by atoms with van der Waals surface area (Å²) in [7, 11) is 4.66. The standard InChI is InChI=1S/C15H18O5/c1-8-9(2)15(16)20-14(8)13-11(18-4)6-10(17-3)7-12(13)19-5/h6-8,14H,2H2,1,3-5H3/t8-,14+/m0/s1. The molecule has 20 heavy (non-hydrogen) atoms. The van der Waals surface area contributed by atoms with Crippen molar-refractivity contribution in [3.63, 3.8) is 0 Å². The Balaban J connectivity index is 2.55. The molecule has 1 aliphatic rings. The van der Waals surface area contributed by atoms with Gasteiger partial charge in [-0.05, 0) is 0 Å². The molecule has 0 unspecified atom stereocenters. The minimum atomic E-state index is -0.467. The molecule has 1 aliphatic heterocycles. The number of esters is 1. The molecular formula is C15H18O5. The summed E-state index contributed by atoms with van der Waals surface area (Å²) in [5.74, 6) is 1.19. The van der Waals surface area contributed by atoms with Crippen LogP contribution in [-0.2, 0) is 9.53 Å². The maximum Gasteiger partial charge on any atom is 0.334 e. The molecule has 5 heteroatoms. The smallest absolute Gasteiger partial charge is 0.334 e. The Morgan fingerprint density at radius 2 is 1.65 bits per heavy atom. The maximum absolute atomic E-state index is 11.7. The zero-order chi connectivity index (χ0) is 14.9. The molecule has 2 rings (SSSR count). The number of hydrogen-bond donors (Lipinski definition) is 0. The molecule has 1 saturated heterocycles. The van der Waals surface area contributed by atoms with E-state index in [9.17, 15) is 4.79 Å². The lowest BCUT2D eigenvalue weighted by molar-refractivity contribution is -0.139. The Hall–Kier alpha value is -2.17. The highest BCUT2D eigenvalue weighted by Gasteiger charge is 2.40. The molecular weight excluding hydrogens is 260 g/mol. The van der Waals surface area contributed by atoms with E-state index >= 15 is 0 Å². The van der Waals surface area contributed by atoms with Crippen molar-refractivity contribution in [2.45, 2.75) is 13.0 Å². The fraction of sp³-hybridized carbons (Fsp3) is 0.400. The van der Waals surface area contributed by atoms with Crippen LogP contribution in [0, 0.1) is 5.92 Å². The van der Waals surface area contributed by atoms with Gasteiger partial charge >= 0.3 is 5.97 Å². The number of rotatable bonds is 4. The van der Waals surface area contributed by atoms with Crippen LogP contribution >= 0.6 is 0 Å². The van der Waals surface area contributed by atoms with Gasteiger partial charge in [-0.3, -0.25) is 0 Å². The first-order valence-electron chi connectivity index (χ1n) is 6.23. The molecule has 0 bridgehead atoms. The number of carbonyl (C=O) groups is 1. The average Bonchev–Trinajstić information content (AvgIpc) is 2.73. The fourth-order valence-corrected chi connectivity index (χ4v) is 2.28. The minimum Gasteiger partial charge on any atom is -0.496 e. The lowest BCUT2D eigenvalue weighted by Crippen LogP contribution is -2.09. The van der Waals surface area contributed by atoms with Crippen molar-refractivity contribution in [1.82, 2.24) is 0 Å². The molecule has 5 nitrogen and oxygen atoms in total. The molecule has 0 aliphatic carbocycles. The van der Waals surface area contributed by atoms with Gasteiger partial charge in [0.1, 0.15) is 23.4 Å². The average molecular weight is 278 g/mol. The van der Waals surface area contributed by atoms with Crippen LogP contribution in [-0.4, -0.2) is 27.3 Å². The lowest BCUT2D eigenvalue weighted by Gasteiger charge is -2.21. The maximum atomic E-state index is 11.7. The van der Waals surface area contributed by atoms with E-state index in [0.717, 1.165) is 0 Å². The Kier molecular flexibility index (Phi) is 3.88. The van der Waals surface area contributed by atoms with Crippen molar-refractivity contribution in [2.24, 2.45) is 5.92 Å². The van der Waals surface area contributed by atoms with E-state index in [2.05, 4.69) is 6.58 Å². The first-order chi connectivity index (χ1) is 9.53. The third-order valence-electron chi connectivity index (χ3n) is 3.54. The van der Waals surface area contributed by atoms with Crippen molar-refractivity contribution in [3.8, 4) is 17.2 Å². The molecule has 0 saturated carbocycles. The highest BCUT2D eigenvalue weighted by molar-refractivity contribution is 5.91. The van der Waals surface area contributed by atoms with Crippen LogP contribution in [0.1, 0.15) is 18.6 Å². The second-order valence-corrected chi connectivity index (χ2v) is 4.59. The first kappa shape index (κ1) is 14.2. The quantitative estimate of drug-likeness (QED) is 0.625. The second-order valence-electron chi connectivity index (χ2n) is 4.59. The van der Waals surface area contributed by atoms with Gasteiger partial charge < -0.3 is 18.9 Å². The lowest BCUT2D eigenvalue weighted by atomic mass is 9.93. The molecule has 1 fully saturated rings. The summed E-state index contributed by atoms with van der Waals surface area (Å²) < 4.78 is 21.4. The Morgan fingerprint density at radius 3 is 2.00 bits per heavy atom. The second kappa shape index (κ2) is 5.45. The van der Waals surface area contributed by atoms with Crippen LogP contribution in [0.15, 0.2) is 24.3 Å². The van der Waals surface area contributed by atoms with E-state index in [-0.39, 0.29) is 11.9 Å². The summed E-state index contributed by atoms with van der Waals surface area (Å²) in [4.78, 5) is 11.7. The van der Waals surface area contributed by atoms with Crippen LogP contribution < -0.4 is 14.2 Å². The molecule has 0 spiro atoms. The van der Waals surface area contributed by atoms with Crippen molar-refractivity contribution < 1.29 is 23.7 Å². The molecule has 108 valence electrons. The van der Waals surface area contributed by atoms with Gasteiger partial charge in [-0.1, -0.05) is 13.5 Å². The van der Waals surface area contributed by atoms with Gasteiger partial charge in [-0.2, -0.15) is 0 Å². The van der Waals surface area contributed by atoms with E-state index in [1.54, 1.807) is 33.5 Å². The van der Waals surface area contributed by atoms with Crippen molar-refractivity contribution >= 4 is 5.97 Å². The number of carbonyl (C=O) groups excluding carboxylic acids is 1. The number of ether oxygens (including phenoxy) is 4. The zero-order valence-electron chi connectivity index (χ0n) is 12.1. The predicted octanol–water partition coefficient (Wildman–Crippen LogP) is 2.50. The predicted molar refractivity (Wildman–Crippen MR) is 73.2 cm³/mol. The highest BCUT2D eigenvalue weighted by Crippen LogP contribution is 2.47. The molecule has 2 atom stereocenters. The van der Waals surface area contributed by atoms with Crippen molar-refractivity contribution in [1.29, 1.82) is 0 Å². The van der Waals surface area contributed by atoms with Crippen molar-refractivity contribution in [3.05, 3.63) is 29.8 Å². The van der Waals surface area contributed by atoms with Gasteiger partial charge in [0.2, 0.25) is 0 Å². The largest absolute Gasteiger partial charge is 0.496 e. The Morgan fingerprint density at radius 1 is 1.10 bits per heavy atom. The third kappa shape index (κ3) is 2.19. The Labute approximate surface area is 118 Å². The van der Waals surface area contributed by atoms with Gasteiger partial charge in [-0.25, -0.2) is 4.79 Å². The number of methoxy groups -OCH3 is 3. The zero-order valence-corrected chi connectivity index (χ0v) is 12.1. The van der Waals surface area contributed by atoms with Gasteiger partial charge in [-0.15, -0.1) is 0 Å². The van der Waals surface area contributed by atoms with Crippen LogP contribution in [0.2, 0.25) is 0 Å². The van der Waals surface area contributed by atoms with Gasteiger partial charge in [0.15, 0.2) is 0 Å². The molecule has 0 amide bonds. The topological polar surface area (TPSA) is 54.0 Å². The molecule has 0 radical (unpaired) electrons. The van der Waals surface area contributed by atoms with E-state index < -0.39 is 6.10 Å². The Bertz CT molecular complexity index is 524. The normalized spacial score (nSPS) is 21.6. The fourth-order valence-electron chi connectivity index (χ4n) is 2.28. The molecule has 1 heterocycles. The third-order valence-corrected chi connectivity index (χ3v) is 3.54. The summed E-state index contributed by atoms with van der Waals surface area (Å²) >= 11 is 0. The first-order valence-corrected chi connectivity index (χ1v) is 6.23. The monoisotopic (exact) mass is 278 g/mol. The van der Waals surface area contributed by atoms with E-state index in [0.29, 0.717) is 28.4 Å². The van der Waals surface area contributed by atoms with Gasteiger partial charge in [0, 0.05) is 23.6 Å². The van der Waals surface area contributed by atoms with Gasteiger partial charge in [0.25, 0.3) is 0 Å². The van der Waals surface area contributed by atoms with Gasteiger partial charge in [0.05, 0.1) is 26.9 Å². The number of benzene rings is 1. The summed E-state index contributed by atoms with van der Waals surface area (Å²) in [5.41, 5.74) is 1.14. The van der Waals surface area contributed by atoms with Crippen LogP contribution in [0.3, 0.4) is 0 Å². The highest BCUT2D eigenvalue weighted by atomic mass is 16.6. The number of cyclic esters (lactones) is 1. The minimum absolute atomic E-state index is 0.140. The number of hydrogen-bond acceptors (Lipinski definition) is 5. The molecule has 0 aromatic heterocycles. The van der Waals surface area contributed by atoms with E-state index in [4.69, 9.17) is 18.9 Å².